The maximum Gasteiger partial charge on any atom is 0.102 e. The van der Waals surface area contributed by atoms with Crippen LogP contribution in [-0.2, 0) is 11.3 Å². The van der Waals surface area contributed by atoms with E-state index in [2.05, 4.69) is 13.8 Å². The average Bonchev–Trinajstić information content (AvgIpc) is 2.41. The van der Waals surface area contributed by atoms with Crippen molar-refractivity contribution < 1.29 is 9.84 Å². The maximum atomic E-state index is 9.48. The number of benzene rings is 1. The highest BCUT2D eigenvalue weighted by Gasteiger charge is 2.21. The smallest absolute Gasteiger partial charge is 0.102 e. The summed E-state index contributed by atoms with van der Waals surface area (Å²) in [4.78, 5) is 0. The lowest BCUT2D eigenvalue weighted by Crippen LogP contribution is -2.28. The molecule has 0 unspecified atom stereocenters. The normalized spacial score (nSPS) is 12.9. The third-order valence-electron chi connectivity index (χ3n) is 2.45. The Kier molecular flexibility index (Phi) is 8.59. The first-order valence-electron chi connectivity index (χ1n) is 6.31. The van der Waals surface area contributed by atoms with Crippen LogP contribution in [0.15, 0.2) is 30.3 Å². The summed E-state index contributed by atoms with van der Waals surface area (Å²) < 4.78 is 6.17. The zero-order chi connectivity index (χ0) is 13.2. The van der Waals surface area contributed by atoms with Crippen molar-refractivity contribution in [3.05, 3.63) is 35.9 Å². The lowest BCUT2D eigenvalue weighted by molar-refractivity contribution is 0.0130. The number of rotatable bonds is 9. The molecule has 0 saturated carbocycles. The van der Waals surface area contributed by atoms with Crippen molar-refractivity contribution in [2.24, 2.45) is 0 Å². The van der Waals surface area contributed by atoms with E-state index in [1.54, 1.807) is 0 Å². The van der Waals surface area contributed by atoms with Crippen molar-refractivity contribution in [3.63, 3.8) is 0 Å². The summed E-state index contributed by atoms with van der Waals surface area (Å²) >= 11 is 3.69. The van der Waals surface area contributed by atoms with E-state index in [1.807, 2.05) is 53.9 Å². The fraction of sp³-hybridized carbons (Fsp3) is 0.571. The van der Waals surface area contributed by atoms with Gasteiger partial charge in [-0.3, -0.25) is 0 Å². The molecule has 1 atom stereocenters. The lowest BCUT2D eigenvalue weighted by Gasteiger charge is -2.24. The molecule has 0 spiro atoms. The number of hydrogen-bond acceptors (Lipinski definition) is 4. The van der Waals surface area contributed by atoms with Crippen molar-refractivity contribution in [1.29, 1.82) is 0 Å². The predicted octanol–water partition coefficient (Wildman–Crippen LogP) is 3.40. The highest BCUT2D eigenvalue weighted by molar-refractivity contribution is 8.17. The van der Waals surface area contributed by atoms with Gasteiger partial charge in [0.05, 0.1) is 17.8 Å². The Labute approximate surface area is 119 Å². The topological polar surface area (TPSA) is 29.5 Å². The lowest BCUT2D eigenvalue weighted by atomic mass is 10.2. The molecule has 1 N–H and O–H groups in total. The van der Waals surface area contributed by atoms with Gasteiger partial charge in [-0.1, -0.05) is 44.2 Å². The molecule has 2 nitrogen and oxygen atoms in total. The van der Waals surface area contributed by atoms with Crippen LogP contribution in [0, 0.1) is 0 Å². The van der Waals surface area contributed by atoms with Crippen molar-refractivity contribution >= 4 is 23.5 Å². The summed E-state index contributed by atoms with van der Waals surface area (Å²) in [6.45, 7) is 4.92. The molecule has 1 rings (SSSR count). The summed E-state index contributed by atoms with van der Waals surface area (Å²) in [5.41, 5.74) is 1.15. The van der Waals surface area contributed by atoms with Gasteiger partial charge in [0.25, 0.3) is 0 Å². The van der Waals surface area contributed by atoms with Crippen LogP contribution in [0.3, 0.4) is 0 Å². The van der Waals surface area contributed by atoms with Gasteiger partial charge in [-0.15, -0.1) is 23.5 Å². The van der Waals surface area contributed by atoms with Crippen molar-refractivity contribution in [2.75, 3.05) is 18.1 Å². The molecule has 1 aromatic carbocycles. The minimum absolute atomic E-state index is 0.0809. The summed E-state index contributed by atoms with van der Waals surface area (Å²) in [7, 11) is 0. The fourth-order valence-electron chi connectivity index (χ4n) is 1.59. The van der Waals surface area contributed by atoms with Crippen LogP contribution in [0.5, 0.6) is 0 Å². The largest absolute Gasteiger partial charge is 0.394 e. The predicted molar refractivity (Wildman–Crippen MR) is 82.2 cm³/mol. The minimum Gasteiger partial charge on any atom is -0.394 e. The number of aliphatic hydroxyl groups is 1. The standard InChI is InChI=1S/C14H22O2S2/c1-3-17-14(18-4-2)13(10-15)16-11-12-8-6-5-7-9-12/h5-9,13-15H,3-4,10-11H2,1-2H3/t13-/m1/s1. The highest BCUT2D eigenvalue weighted by atomic mass is 32.2. The van der Waals surface area contributed by atoms with Gasteiger partial charge >= 0.3 is 0 Å². The number of aliphatic hydroxyl groups excluding tert-OH is 1. The highest BCUT2D eigenvalue weighted by Crippen LogP contribution is 2.28. The Morgan fingerprint density at radius 2 is 1.72 bits per heavy atom. The second-order valence-electron chi connectivity index (χ2n) is 3.80. The van der Waals surface area contributed by atoms with E-state index in [4.69, 9.17) is 4.74 Å². The van der Waals surface area contributed by atoms with E-state index < -0.39 is 0 Å². The zero-order valence-corrected chi connectivity index (χ0v) is 12.7. The molecule has 4 heteroatoms. The van der Waals surface area contributed by atoms with Gasteiger partial charge in [0.1, 0.15) is 6.10 Å². The molecule has 0 saturated heterocycles. The molecule has 1 aromatic rings. The molecule has 0 radical (unpaired) electrons. The summed E-state index contributed by atoms with van der Waals surface area (Å²) in [5.74, 6) is 2.09. The first-order chi connectivity index (χ1) is 8.81. The molecule has 0 aliphatic heterocycles. The number of thioether (sulfide) groups is 2. The van der Waals surface area contributed by atoms with Crippen molar-refractivity contribution in [3.8, 4) is 0 Å². The molecule has 0 aliphatic rings. The van der Waals surface area contributed by atoms with Crippen LogP contribution in [0.25, 0.3) is 0 Å². The van der Waals surface area contributed by atoms with Crippen LogP contribution in [0.2, 0.25) is 0 Å². The monoisotopic (exact) mass is 286 g/mol. The second-order valence-corrected chi connectivity index (χ2v) is 6.93. The van der Waals surface area contributed by atoms with Gasteiger partial charge in [-0.05, 0) is 17.1 Å². The Morgan fingerprint density at radius 1 is 1.11 bits per heavy atom. The molecule has 0 aromatic heterocycles. The van der Waals surface area contributed by atoms with Crippen LogP contribution in [0.4, 0.5) is 0 Å². The Morgan fingerprint density at radius 3 is 2.22 bits per heavy atom. The van der Waals surface area contributed by atoms with Gasteiger partial charge in [-0.25, -0.2) is 0 Å². The van der Waals surface area contributed by atoms with E-state index in [0.29, 0.717) is 11.2 Å². The summed E-state index contributed by atoms with van der Waals surface area (Å²) in [5, 5.41) is 9.48. The fourth-order valence-corrected chi connectivity index (χ4v) is 4.20. The quantitative estimate of drug-likeness (QED) is 0.705. The van der Waals surface area contributed by atoms with E-state index >= 15 is 0 Å². The molecule has 0 amide bonds. The third-order valence-corrected chi connectivity index (χ3v) is 5.20. The molecule has 0 bridgehead atoms. The molecule has 0 heterocycles. The van der Waals surface area contributed by atoms with Crippen molar-refractivity contribution in [2.45, 2.75) is 31.1 Å². The second kappa shape index (κ2) is 9.73. The van der Waals surface area contributed by atoms with Crippen LogP contribution >= 0.6 is 23.5 Å². The van der Waals surface area contributed by atoms with Crippen LogP contribution in [-0.4, -0.2) is 33.9 Å². The van der Waals surface area contributed by atoms with E-state index in [1.165, 1.54) is 0 Å². The first-order valence-corrected chi connectivity index (χ1v) is 8.41. The van der Waals surface area contributed by atoms with Crippen LogP contribution in [0.1, 0.15) is 19.4 Å². The maximum absolute atomic E-state index is 9.48. The number of ether oxygens (including phenoxy) is 1. The van der Waals surface area contributed by atoms with Gasteiger partial charge in [-0.2, -0.15) is 0 Å². The summed E-state index contributed by atoms with van der Waals surface area (Å²) in [6, 6.07) is 10.1. The molecule has 18 heavy (non-hydrogen) atoms. The Hall–Kier alpha value is -0.160. The van der Waals surface area contributed by atoms with E-state index in [0.717, 1.165) is 17.1 Å². The molecule has 0 aliphatic carbocycles. The van der Waals surface area contributed by atoms with Gasteiger partial charge in [0, 0.05) is 0 Å². The van der Waals surface area contributed by atoms with Crippen molar-refractivity contribution in [1.82, 2.24) is 0 Å². The molecule has 102 valence electrons. The molecule has 0 fully saturated rings. The Balaban J connectivity index is 2.48. The Bertz CT molecular complexity index is 300. The van der Waals surface area contributed by atoms with Crippen LogP contribution < -0.4 is 0 Å². The number of hydrogen-bond donors (Lipinski definition) is 1. The van der Waals surface area contributed by atoms with Gasteiger partial charge in [0.2, 0.25) is 0 Å². The van der Waals surface area contributed by atoms with E-state index in [-0.39, 0.29) is 12.7 Å². The zero-order valence-electron chi connectivity index (χ0n) is 11.0. The van der Waals surface area contributed by atoms with Gasteiger partial charge in [0.15, 0.2) is 0 Å². The minimum atomic E-state index is -0.0971. The first kappa shape index (κ1) is 15.9. The average molecular weight is 286 g/mol. The van der Waals surface area contributed by atoms with E-state index in [9.17, 15) is 5.11 Å². The van der Waals surface area contributed by atoms with Gasteiger partial charge < -0.3 is 9.84 Å². The molecular weight excluding hydrogens is 264 g/mol. The third kappa shape index (κ3) is 5.65. The SMILES string of the molecule is CCSC(SCC)[C@@H](CO)OCc1ccccc1. The molecular formula is C14H22O2S2. The summed E-state index contributed by atoms with van der Waals surface area (Å²) in [6.07, 6.45) is -0.0971.